The number of nitrogens with one attached hydrogen (secondary N) is 2. The molecule has 134 valence electrons. The van der Waals surface area contributed by atoms with Crippen molar-refractivity contribution in [2.24, 2.45) is 11.7 Å². The molecule has 1 saturated heterocycles. The third-order valence-corrected chi connectivity index (χ3v) is 4.31. The van der Waals surface area contributed by atoms with Crippen LogP contribution < -0.4 is 11.1 Å². The van der Waals surface area contributed by atoms with Crippen molar-refractivity contribution in [3.8, 4) is 0 Å². The van der Waals surface area contributed by atoms with E-state index in [0.717, 1.165) is 0 Å². The first-order valence-corrected chi connectivity index (χ1v) is 7.74. The maximum absolute atomic E-state index is 12.4. The number of carbonyl (C=O) groups is 2. The number of hydrogen-bond donors (Lipinski definition) is 3. The van der Waals surface area contributed by atoms with Gasteiger partial charge in [0, 0.05) is 12.2 Å². The van der Waals surface area contributed by atoms with Crippen LogP contribution in [0.1, 0.15) is 40.6 Å². The highest BCUT2D eigenvalue weighted by molar-refractivity contribution is 5.98. The van der Waals surface area contributed by atoms with Gasteiger partial charge in [0.2, 0.25) is 5.91 Å². The fourth-order valence-electron chi connectivity index (χ4n) is 2.93. The molecule has 0 aliphatic carbocycles. The monoisotopic (exact) mass is 346 g/mol. The highest BCUT2D eigenvalue weighted by atomic mass is 19.4. The quantitative estimate of drug-likeness (QED) is 0.755. The van der Waals surface area contributed by atoms with Gasteiger partial charge in [0.05, 0.1) is 12.1 Å². The molecule has 1 aromatic heterocycles. The molecule has 0 saturated carbocycles. The third kappa shape index (κ3) is 4.98. The molecule has 2 heterocycles. The molecule has 0 spiro atoms. The first kappa shape index (κ1) is 18.3. The Bertz CT molecular complexity index is 592. The summed E-state index contributed by atoms with van der Waals surface area (Å²) in [7, 11) is 0. The Morgan fingerprint density at radius 3 is 2.54 bits per heavy atom. The largest absolute Gasteiger partial charge is 0.401 e. The number of alkyl halides is 3. The molecule has 4 N–H and O–H groups in total. The lowest BCUT2D eigenvalue weighted by atomic mass is 9.90. The van der Waals surface area contributed by atoms with Crippen molar-refractivity contribution in [2.75, 3.05) is 19.6 Å². The fourth-order valence-corrected chi connectivity index (χ4v) is 2.93. The van der Waals surface area contributed by atoms with Crippen molar-refractivity contribution in [3.63, 3.8) is 0 Å². The van der Waals surface area contributed by atoms with Crippen LogP contribution in [-0.2, 0) is 0 Å². The fraction of sp³-hybridized carbons (Fsp3) is 0.600. The van der Waals surface area contributed by atoms with Crippen LogP contribution in [0.5, 0.6) is 0 Å². The number of primary amides is 1. The first-order chi connectivity index (χ1) is 11.2. The highest BCUT2D eigenvalue weighted by Crippen LogP contribution is 2.24. The molecular formula is C15H21F3N4O2. The van der Waals surface area contributed by atoms with Gasteiger partial charge in [-0.05, 0) is 44.8 Å². The number of nitrogens with two attached hydrogens (primary N) is 1. The van der Waals surface area contributed by atoms with Gasteiger partial charge >= 0.3 is 6.18 Å². The van der Waals surface area contributed by atoms with Crippen molar-refractivity contribution < 1.29 is 22.8 Å². The molecule has 9 heteroatoms. The van der Waals surface area contributed by atoms with Gasteiger partial charge in [-0.2, -0.15) is 13.2 Å². The van der Waals surface area contributed by atoms with Gasteiger partial charge in [0.1, 0.15) is 5.69 Å². The van der Waals surface area contributed by atoms with Crippen molar-refractivity contribution in [2.45, 2.75) is 32.0 Å². The average molecular weight is 346 g/mol. The number of H-pyrrole nitrogens is 1. The van der Waals surface area contributed by atoms with E-state index in [4.69, 9.17) is 5.73 Å². The number of likely N-dealkylation sites (tertiary alicyclic amines) is 1. The Morgan fingerprint density at radius 1 is 1.42 bits per heavy atom. The van der Waals surface area contributed by atoms with Crippen molar-refractivity contribution >= 4 is 11.8 Å². The third-order valence-electron chi connectivity index (χ3n) is 4.31. The van der Waals surface area contributed by atoms with E-state index in [1.54, 1.807) is 0 Å². The maximum atomic E-state index is 12.4. The number of rotatable bonds is 5. The van der Waals surface area contributed by atoms with E-state index in [-0.39, 0.29) is 29.1 Å². The van der Waals surface area contributed by atoms with E-state index in [9.17, 15) is 22.8 Å². The molecule has 0 radical (unpaired) electrons. The van der Waals surface area contributed by atoms with Crippen molar-refractivity contribution in [1.82, 2.24) is 15.2 Å². The topological polar surface area (TPSA) is 91.2 Å². The summed E-state index contributed by atoms with van der Waals surface area (Å²) in [5.41, 5.74) is 5.57. The molecule has 1 atom stereocenters. The van der Waals surface area contributed by atoms with E-state index < -0.39 is 18.6 Å². The van der Waals surface area contributed by atoms with Gasteiger partial charge in [0.25, 0.3) is 5.91 Å². The molecule has 0 bridgehead atoms. The summed E-state index contributed by atoms with van der Waals surface area (Å²) in [5, 5.41) is 2.82. The lowest BCUT2D eigenvalue weighted by Crippen LogP contribution is -2.46. The van der Waals surface area contributed by atoms with Crippen molar-refractivity contribution in [3.05, 3.63) is 23.5 Å². The summed E-state index contributed by atoms with van der Waals surface area (Å²) < 4.78 is 37.1. The second-order valence-electron chi connectivity index (χ2n) is 6.16. The minimum Gasteiger partial charge on any atom is -0.366 e. The molecule has 0 aromatic carbocycles. The minimum atomic E-state index is -4.18. The molecule has 1 aliphatic rings. The summed E-state index contributed by atoms with van der Waals surface area (Å²) in [5.74, 6) is -0.882. The number of aromatic nitrogens is 1. The van der Waals surface area contributed by atoms with Gasteiger partial charge in [0.15, 0.2) is 0 Å². The van der Waals surface area contributed by atoms with E-state index in [1.807, 2.05) is 6.92 Å². The maximum Gasteiger partial charge on any atom is 0.401 e. The number of aromatic amines is 1. The number of carbonyl (C=O) groups excluding carboxylic acids is 2. The zero-order valence-corrected chi connectivity index (χ0v) is 13.3. The Morgan fingerprint density at radius 2 is 2.04 bits per heavy atom. The van der Waals surface area contributed by atoms with Gasteiger partial charge in [-0.15, -0.1) is 0 Å². The number of piperidine rings is 1. The minimum absolute atomic E-state index is 0.115. The lowest BCUT2D eigenvalue weighted by molar-refractivity contribution is -0.148. The molecule has 1 aliphatic heterocycles. The van der Waals surface area contributed by atoms with Crippen LogP contribution in [-0.4, -0.2) is 53.6 Å². The normalized spacial score (nSPS) is 18.3. The van der Waals surface area contributed by atoms with Crippen LogP contribution in [0.4, 0.5) is 13.2 Å². The van der Waals surface area contributed by atoms with Crippen LogP contribution in [0.25, 0.3) is 0 Å². The zero-order valence-electron chi connectivity index (χ0n) is 13.3. The molecule has 1 aromatic rings. The van der Waals surface area contributed by atoms with Crippen LogP contribution >= 0.6 is 0 Å². The Balaban J connectivity index is 1.83. The Hall–Kier alpha value is -2.03. The van der Waals surface area contributed by atoms with E-state index in [1.165, 1.54) is 17.2 Å². The van der Waals surface area contributed by atoms with E-state index in [2.05, 4.69) is 10.3 Å². The van der Waals surface area contributed by atoms with Gasteiger partial charge in [-0.3, -0.25) is 14.5 Å². The van der Waals surface area contributed by atoms with Gasteiger partial charge < -0.3 is 16.0 Å². The van der Waals surface area contributed by atoms with E-state index in [0.29, 0.717) is 25.9 Å². The molecule has 1 unspecified atom stereocenters. The summed E-state index contributed by atoms with van der Waals surface area (Å²) >= 11 is 0. The summed E-state index contributed by atoms with van der Waals surface area (Å²) in [6.45, 7) is 1.66. The number of nitrogens with zero attached hydrogens (tertiary/aromatic N) is 1. The predicted molar refractivity (Wildman–Crippen MR) is 81.5 cm³/mol. The summed E-state index contributed by atoms with van der Waals surface area (Å²) in [4.78, 5) is 27.2. The molecule has 2 amide bonds. The number of hydrogen-bond acceptors (Lipinski definition) is 3. The predicted octanol–water partition coefficient (Wildman–Crippen LogP) is 1.51. The highest BCUT2D eigenvalue weighted by Gasteiger charge is 2.33. The second-order valence-corrected chi connectivity index (χ2v) is 6.16. The Labute approximate surface area is 137 Å². The first-order valence-electron chi connectivity index (χ1n) is 7.74. The second kappa shape index (κ2) is 7.25. The molecule has 2 rings (SSSR count). The van der Waals surface area contributed by atoms with Gasteiger partial charge in [-0.1, -0.05) is 0 Å². The van der Waals surface area contributed by atoms with E-state index >= 15 is 0 Å². The summed E-state index contributed by atoms with van der Waals surface area (Å²) in [6.07, 6.45) is -1.64. The number of halogens is 3. The van der Waals surface area contributed by atoms with Crippen LogP contribution in [0.15, 0.2) is 12.3 Å². The van der Waals surface area contributed by atoms with Crippen LogP contribution in [0.3, 0.4) is 0 Å². The molecule has 24 heavy (non-hydrogen) atoms. The average Bonchev–Trinajstić information content (AvgIpc) is 2.96. The summed E-state index contributed by atoms with van der Waals surface area (Å²) in [6, 6.07) is 1.20. The van der Waals surface area contributed by atoms with Crippen LogP contribution in [0, 0.1) is 5.92 Å². The molecular weight excluding hydrogens is 325 g/mol. The molecule has 6 nitrogen and oxygen atoms in total. The van der Waals surface area contributed by atoms with Gasteiger partial charge in [-0.25, -0.2) is 0 Å². The van der Waals surface area contributed by atoms with Crippen LogP contribution in [0.2, 0.25) is 0 Å². The molecule has 1 fully saturated rings. The SMILES string of the molecule is CC(NC(=O)c1cc(C(N)=O)c[nH]1)C1CCN(CC(F)(F)F)CC1. The zero-order chi connectivity index (χ0) is 17.9. The number of amides is 2. The Kier molecular flexibility index (Phi) is 5.53. The van der Waals surface area contributed by atoms with Crippen molar-refractivity contribution in [1.29, 1.82) is 0 Å². The standard InChI is InChI=1S/C15H21F3N4O2/c1-9(10-2-4-22(5-3-10)8-15(16,17)18)21-14(24)12-6-11(7-20-12)13(19)23/h6-7,9-10,20H,2-5,8H2,1H3,(H2,19,23)(H,21,24). The smallest absolute Gasteiger partial charge is 0.366 e. The lowest BCUT2D eigenvalue weighted by Gasteiger charge is -2.35.